The van der Waals surface area contributed by atoms with Crippen molar-refractivity contribution in [3.63, 3.8) is 0 Å². The summed E-state index contributed by atoms with van der Waals surface area (Å²) in [5, 5.41) is 27.5. The van der Waals surface area contributed by atoms with E-state index in [1.807, 2.05) is 13.8 Å². The number of esters is 1. The number of aromatic nitrogens is 4. The van der Waals surface area contributed by atoms with E-state index in [2.05, 4.69) is 86.3 Å². The third-order valence-electron chi connectivity index (χ3n) is 9.36. The lowest BCUT2D eigenvalue weighted by Crippen LogP contribution is -2.43. The molecular weight excluding hydrogens is 594 g/mol. The molecule has 242 valence electrons. The summed E-state index contributed by atoms with van der Waals surface area (Å²) >= 11 is 0. The lowest BCUT2D eigenvalue weighted by molar-refractivity contribution is -0.384. The van der Waals surface area contributed by atoms with Gasteiger partial charge in [0.2, 0.25) is 5.82 Å². The van der Waals surface area contributed by atoms with Crippen LogP contribution in [0.5, 0.6) is 0 Å². The van der Waals surface area contributed by atoms with Crippen molar-refractivity contribution in [2.45, 2.75) is 44.4 Å². The molecule has 0 radical (unpaired) electrons. The van der Waals surface area contributed by atoms with E-state index in [4.69, 9.17) is 4.74 Å². The number of nitrogens with one attached hydrogen (secondary N) is 1. The minimum absolute atomic E-state index is 0.0215. The third kappa shape index (κ3) is 6.57. The summed E-state index contributed by atoms with van der Waals surface area (Å²) in [4.78, 5) is 28.8. The highest BCUT2D eigenvalue weighted by Crippen LogP contribution is 2.44. The Bertz CT molecular complexity index is 1770. The molecule has 1 atom stereocenters. The molecule has 0 bridgehead atoms. The average molecular weight is 634 g/mol. The molecule has 1 N–H and O–H groups in total. The smallest absolute Gasteiger partial charge is 0.336 e. The number of piperidine rings is 1. The average Bonchev–Trinajstić information content (AvgIpc) is 3.52. The molecule has 2 aliphatic rings. The molecular formula is C36H39N7O4. The summed E-state index contributed by atoms with van der Waals surface area (Å²) < 4.78 is 5.90. The second kappa shape index (κ2) is 13.7. The first-order valence-electron chi connectivity index (χ1n) is 15.9. The Balaban J connectivity index is 1.14. The number of carbonyl (C=O) groups excluding carboxylic acids is 1. The highest BCUT2D eigenvalue weighted by atomic mass is 16.6. The van der Waals surface area contributed by atoms with Crippen LogP contribution in [0.4, 0.5) is 5.69 Å². The molecule has 0 amide bonds. The molecule has 11 nitrogen and oxygen atoms in total. The molecule has 0 saturated carbocycles. The van der Waals surface area contributed by atoms with Crippen LogP contribution in [0.2, 0.25) is 0 Å². The van der Waals surface area contributed by atoms with Crippen LogP contribution in [-0.4, -0.2) is 62.2 Å². The number of tetrazole rings is 1. The highest BCUT2D eigenvalue weighted by Gasteiger charge is 2.39. The highest BCUT2D eigenvalue weighted by molar-refractivity contribution is 5.97. The monoisotopic (exact) mass is 633 g/mol. The molecule has 0 aliphatic carbocycles. The fourth-order valence-corrected chi connectivity index (χ4v) is 7.05. The number of carbonyl (C=O) groups is 1. The normalized spacial score (nSPS) is 18.1. The second-order valence-corrected chi connectivity index (χ2v) is 12.2. The fraction of sp³-hybridized carbons (Fsp3) is 0.333. The van der Waals surface area contributed by atoms with Crippen LogP contribution in [0, 0.1) is 10.1 Å². The molecule has 4 aromatic rings. The molecule has 3 aromatic carbocycles. The largest absolute Gasteiger partial charge is 0.462 e. The van der Waals surface area contributed by atoms with Gasteiger partial charge in [-0.2, -0.15) is 4.80 Å². The first-order chi connectivity index (χ1) is 22.8. The van der Waals surface area contributed by atoms with Crippen molar-refractivity contribution >= 4 is 17.2 Å². The van der Waals surface area contributed by atoms with Gasteiger partial charge in [0.05, 0.1) is 24.2 Å². The van der Waals surface area contributed by atoms with Crippen LogP contribution in [-0.2, 0) is 22.0 Å². The number of hydrogen-bond donors (Lipinski definition) is 1. The number of nitro groups is 1. The number of benzene rings is 3. The van der Waals surface area contributed by atoms with Crippen LogP contribution in [0.25, 0.3) is 5.57 Å². The van der Waals surface area contributed by atoms with E-state index in [0.29, 0.717) is 34.7 Å². The lowest BCUT2D eigenvalue weighted by atomic mass is 9.68. The Kier molecular flexibility index (Phi) is 9.26. The molecule has 1 saturated heterocycles. The van der Waals surface area contributed by atoms with Crippen molar-refractivity contribution < 1.29 is 14.5 Å². The SMILES string of the molecule is CC1=C(C(=O)OCCCN2CCC(c3ccccc3)(c3ccccc3)CC2)C(c2cccc([N+](=O)[O-])c2)C(c2nnn(C)n2)=C(C)N1. The molecule has 2 aliphatic heterocycles. The predicted molar refractivity (Wildman–Crippen MR) is 178 cm³/mol. The van der Waals surface area contributed by atoms with Gasteiger partial charge >= 0.3 is 5.97 Å². The van der Waals surface area contributed by atoms with Crippen LogP contribution >= 0.6 is 0 Å². The van der Waals surface area contributed by atoms with Gasteiger partial charge in [-0.05, 0) is 68.1 Å². The van der Waals surface area contributed by atoms with E-state index in [1.165, 1.54) is 28.1 Å². The first kappa shape index (κ1) is 31.8. The van der Waals surface area contributed by atoms with Gasteiger partial charge in [-0.25, -0.2) is 4.79 Å². The Labute approximate surface area is 274 Å². The number of rotatable bonds is 10. The summed E-state index contributed by atoms with van der Waals surface area (Å²) in [6, 6.07) is 27.9. The van der Waals surface area contributed by atoms with Gasteiger partial charge in [0, 0.05) is 47.0 Å². The van der Waals surface area contributed by atoms with E-state index in [-0.39, 0.29) is 17.7 Å². The zero-order valence-electron chi connectivity index (χ0n) is 26.9. The summed E-state index contributed by atoms with van der Waals surface area (Å²) in [6.07, 6.45) is 2.70. The number of likely N-dealkylation sites (tertiary alicyclic amines) is 1. The Hall–Kier alpha value is -5.16. The molecule has 11 heteroatoms. The number of nitro benzene ring substituents is 1. The first-order valence-corrected chi connectivity index (χ1v) is 15.9. The van der Waals surface area contributed by atoms with Crippen LogP contribution in [0.15, 0.2) is 102 Å². The molecule has 1 unspecified atom stereocenters. The minimum Gasteiger partial charge on any atom is -0.462 e. The molecule has 3 heterocycles. The summed E-state index contributed by atoms with van der Waals surface area (Å²) in [7, 11) is 1.66. The topological polar surface area (TPSA) is 128 Å². The zero-order chi connectivity index (χ0) is 33.0. The van der Waals surface area contributed by atoms with Gasteiger partial charge in [-0.15, -0.1) is 10.2 Å². The number of ether oxygens (including phenoxy) is 1. The number of allylic oxidation sites excluding steroid dienone is 3. The number of non-ortho nitro benzene ring substituents is 1. The fourth-order valence-electron chi connectivity index (χ4n) is 7.05. The van der Waals surface area contributed by atoms with Gasteiger partial charge in [0.1, 0.15) is 0 Å². The standard InChI is InChI=1S/C36H39N7O4/c1-25-31(34-38-40-41(3)39-34)33(27-12-10-17-30(24-27)43(45)46)32(26(2)37-25)35(44)47-23-11-20-42-21-18-36(19-22-42,28-13-6-4-7-14-28)29-15-8-5-9-16-29/h4-10,12-17,24,33,37H,11,18-23H2,1-3H3. The van der Waals surface area contributed by atoms with Crippen LogP contribution < -0.4 is 5.32 Å². The number of aryl methyl sites for hydroxylation is 1. The van der Waals surface area contributed by atoms with E-state index >= 15 is 0 Å². The maximum absolute atomic E-state index is 13.8. The van der Waals surface area contributed by atoms with E-state index in [9.17, 15) is 14.9 Å². The summed E-state index contributed by atoms with van der Waals surface area (Å²) in [5.74, 6) is -0.829. The number of dihydropyridines is 1. The van der Waals surface area contributed by atoms with Gasteiger partial charge in [0.25, 0.3) is 5.69 Å². The Morgan fingerprint density at radius 2 is 1.64 bits per heavy atom. The minimum atomic E-state index is -0.681. The van der Waals surface area contributed by atoms with E-state index < -0.39 is 16.8 Å². The Morgan fingerprint density at radius 3 is 2.23 bits per heavy atom. The van der Waals surface area contributed by atoms with Crippen LogP contribution in [0.1, 0.15) is 61.5 Å². The summed E-state index contributed by atoms with van der Waals surface area (Å²) in [5.41, 5.74) is 5.51. The van der Waals surface area contributed by atoms with Crippen molar-refractivity contribution in [3.05, 3.63) is 135 Å². The number of hydrogen-bond acceptors (Lipinski definition) is 9. The maximum Gasteiger partial charge on any atom is 0.336 e. The van der Waals surface area contributed by atoms with Gasteiger partial charge < -0.3 is 15.0 Å². The van der Waals surface area contributed by atoms with Crippen molar-refractivity contribution in [2.75, 3.05) is 26.2 Å². The van der Waals surface area contributed by atoms with Crippen LogP contribution in [0.3, 0.4) is 0 Å². The van der Waals surface area contributed by atoms with Gasteiger partial charge in [-0.1, -0.05) is 72.8 Å². The molecule has 47 heavy (non-hydrogen) atoms. The van der Waals surface area contributed by atoms with E-state index in [0.717, 1.165) is 38.2 Å². The number of nitrogens with zero attached hydrogens (tertiary/aromatic N) is 6. The van der Waals surface area contributed by atoms with Crippen molar-refractivity contribution in [2.24, 2.45) is 7.05 Å². The zero-order valence-corrected chi connectivity index (χ0v) is 26.9. The van der Waals surface area contributed by atoms with Crippen molar-refractivity contribution in [1.29, 1.82) is 0 Å². The predicted octanol–water partition coefficient (Wildman–Crippen LogP) is 5.53. The third-order valence-corrected chi connectivity index (χ3v) is 9.36. The van der Waals surface area contributed by atoms with Gasteiger partial charge in [-0.3, -0.25) is 10.1 Å². The molecule has 0 spiro atoms. The van der Waals surface area contributed by atoms with Crippen molar-refractivity contribution in [3.8, 4) is 0 Å². The van der Waals surface area contributed by atoms with Crippen molar-refractivity contribution in [1.82, 2.24) is 30.4 Å². The summed E-state index contributed by atoms with van der Waals surface area (Å²) in [6.45, 7) is 6.62. The molecule has 1 aromatic heterocycles. The lowest BCUT2D eigenvalue weighted by Gasteiger charge is -2.43. The maximum atomic E-state index is 13.8. The second-order valence-electron chi connectivity index (χ2n) is 12.2. The van der Waals surface area contributed by atoms with Gasteiger partial charge in [0.15, 0.2) is 0 Å². The quantitative estimate of drug-likeness (QED) is 0.104. The Morgan fingerprint density at radius 1 is 0.979 bits per heavy atom. The molecule has 6 rings (SSSR count). The molecule has 1 fully saturated rings. The van der Waals surface area contributed by atoms with E-state index in [1.54, 1.807) is 19.2 Å².